The van der Waals surface area contributed by atoms with Crippen LogP contribution in [0.4, 0.5) is 5.69 Å². The van der Waals surface area contributed by atoms with Crippen molar-refractivity contribution in [3.63, 3.8) is 0 Å². The van der Waals surface area contributed by atoms with E-state index in [1.165, 1.54) is 18.2 Å². The van der Waals surface area contributed by atoms with E-state index < -0.39 is 11.0 Å². The zero-order chi connectivity index (χ0) is 11.3. The Kier molecular flexibility index (Phi) is 3.60. The third kappa shape index (κ3) is 2.93. The highest BCUT2D eigenvalue weighted by Gasteiger charge is 2.14. The maximum atomic E-state index is 10.6. The van der Waals surface area contributed by atoms with Gasteiger partial charge in [-0.05, 0) is 6.07 Å². The Morgan fingerprint density at radius 2 is 2.27 bits per heavy atom. The normalized spacial score (nSPS) is 11.5. The number of nitro groups is 1. The smallest absolute Gasteiger partial charge is 0.310 e. The minimum Gasteiger partial charge on any atom is -0.484 e. The lowest BCUT2D eigenvalue weighted by Crippen LogP contribution is -2.25. The van der Waals surface area contributed by atoms with Crippen molar-refractivity contribution in [2.75, 3.05) is 6.61 Å². The summed E-state index contributed by atoms with van der Waals surface area (Å²) in [6, 6.07) is 6.91. The van der Waals surface area contributed by atoms with E-state index in [2.05, 4.69) is 0 Å². The van der Waals surface area contributed by atoms with Gasteiger partial charge < -0.3 is 10.5 Å². The zero-order valence-corrected chi connectivity index (χ0v) is 7.79. The predicted octanol–water partition coefficient (Wildman–Crippen LogP) is 0.824. The van der Waals surface area contributed by atoms with Crippen molar-refractivity contribution in [2.24, 2.45) is 5.73 Å². The van der Waals surface area contributed by atoms with Gasteiger partial charge in [-0.2, -0.15) is 5.26 Å². The second-order valence-electron chi connectivity index (χ2n) is 2.77. The first-order chi connectivity index (χ1) is 7.15. The predicted molar refractivity (Wildman–Crippen MR) is 52.2 cm³/mol. The number of rotatable bonds is 4. The Morgan fingerprint density at radius 3 is 2.87 bits per heavy atom. The lowest BCUT2D eigenvalue weighted by molar-refractivity contribution is -0.385. The van der Waals surface area contributed by atoms with Crippen molar-refractivity contribution in [1.29, 1.82) is 5.26 Å². The van der Waals surface area contributed by atoms with Crippen molar-refractivity contribution in [3.8, 4) is 11.8 Å². The van der Waals surface area contributed by atoms with E-state index in [1.54, 1.807) is 12.1 Å². The molecule has 0 amide bonds. The zero-order valence-electron chi connectivity index (χ0n) is 7.79. The summed E-state index contributed by atoms with van der Waals surface area (Å²) in [5.41, 5.74) is 5.15. The van der Waals surface area contributed by atoms with Crippen LogP contribution in [0.25, 0.3) is 0 Å². The lowest BCUT2D eigenvalue weighted by atomic mass is 10.3. The first-order valence-corrected chi connectivity index (χ1v) is 4.16. The Morgan fingerprint density at radius 1 is 1.60 bits per heavy atom. The number of para-hydroxylation sites is 2. The molecule has 0 aliphatic carbocycles. The summed E-state index contributed by atoms with van der Waals surface area (Å²) < 4.78 is 5.06. The number of nitriles is 1. The van der Waals surface area contributed by atoms with E-state index in [9.17, 15) is 10.1 Å². The van der Waals surface area contributed by atoms with Gasteiger partial charge in [0.05, 0.1) is 11.0 Å². The molecule has 1 aromatic carbocycles. The highest BCUT2D eigenvalue weighted by molar-refractivity contribution is 5.45. The topological polar surface area (TPSA) is 102 Å². The fraction of sp³-hybridized carbons (Fsp3) is 0.222. The highest BCUT2D eigenvalue weighted by Crippen LogP contribution is 2.25. The minimum absolute atomic E-state index is 0.0681. The Hall–Kier alpha value is -2.13. The number of benzene rings is 1. The highest BCUT2D eigenvalue weighted by atomic mass is 16.6. The Labute approximate surface area is 86.0 Å². The van der Waals surface area contributed by atoms with Crippen LogP contribution < -0.4 is 10.5 Å². The van der Waals surface area contributed by atoms with E-state index in [4.69, 9.17) is 15.7 Å². The molecule has 0 fully saturated rings. The lowest BCUT2D eigenvalue weighted by Gasteiger charge is -2.06. The molecule has 78 valence electrons. The molecule has 1 unspecified atom stereocenters. The maximum Gasteiger partial charge on any atom is 0.310 e. The van der Waals surface area contributed by atoms with Gasteiger partial charge in [0.2, 0.25) is 0 Å². The molecule has 2 N–H and O–H groups in total. The largest absolute Gasteiger partial charge is 0.484 e. The van der Waals surface area contributed by atoms with Crippen molar-refractivity contribution in [1.82, 2.24) is 0 Å². The summed E-state index contributed by atoms with van der Waals surface area (Å²) in [5, 5.41) is 19.0. The van der Waals surface area contributed by atoms with Crippen LogP contribution >= 0.6 is 0 Å². The molecule has 0 aromatic heterocycles. The SMILES string of the molecule is N#CC(N)COc1ccccc1[N+](=O)[O-]. The van der Waals surface area contributed by atoms with Gasteiger partial charge in [-0.15, -0.1) is 0 Å². The molecule has 6 nitrogen and oxygen atoms in total. The van der Waals surface area contributed by atoms with Crippen molar-refractivity contribution in [3.05, 3.63) is 34.4 Å². The molecule has 0 aliphatic heterocycles. The van der Waals surface area contributed by atoms with Crippen LogP contribution in [0.3, 0.4) is 0 Å². The quantitative estimate of drug-likeness (QED) is 0.581. The Bertz CT molecular complexity index is 400. The molecule has 6 heteroatoms. The summed E-state index contributed by atoms with van der Waals surface area (Å²) in [5.74, 6) is 0.119. The number of ether oxygens (including phenoxy) is 1. The van der Waals surface area contributed by atoms with E-state index in [-0.39, 0.29) is 18.0 Å². The number of nitrogens with two attached hydrogens (primary N) is 1. The van der Waals surface area contributed by atoms with Crippen molar-refractivity contribution < 1.29 is 9.66 Å². The van der Waals surface area contributed by atoms with Crippen LogP contribution in [0.2, 0.25) is 0 Å². The van der Waals surface area contributed by atoms with Gasteiger partial charge in [-0.25, -0.2) is 0 Å². The van der Waals surface area contributed by atoms with Crippen LogP contribution in [0.5, 0.6) is 5.75 Å². The van der Waals surface area contributed by atoms with E-state index >= 15 is 0 Å². The average Bonchev–Trinajstić information content (AvgIpc) is 2.26. The van der Waals surface area contributed by atoms with Crippen LogP contribution in [-0.2, 0) is 0 Å². The van der Waals surface area contributed by atoms with Crippen LogP contribution in [0, 0.1) is 21.4 Å². The van der Waals surface area contributed by atoms with Crippen molar-refractivity contribution in [2.45, 2.75) is 6.04 Å². The molecule has 0 heterocycles. The second kappa shape index (κ2) is 4.93. The monoisotopic (exact) mass is 207 g/mol. The second-order valence-corrected chi connectivity index (χ2v) is 2.77. The summed E-state index contributed by atoms with van der Waals surface area (Å²) in [6.07, 6.45) is 0. The van der Waals surface area contributed by atoms with Gasteiger partial charge in [0, 0.05) is 6.07 Å². The molecule has 0 saturated carbocycles. The van der Waals surface area contributed by atoms with E-state index in [1.807, 2.05) is 0 Å². The summed E-state index contributed by atoms with van der Waals surface area (Å²) in [6.45, 7) is -0.0681. The van der Waals surface area contributed by atoms with E-state index in [0.29, 0.717) is 0 Å². The molecular weight excluding hydrogens is 198 g/mol. The molecule has 1 atom stereocenters. The van der Waals surface area contributed by atoms with Crippen LogP contribution in [-0.4, -0.2) is 17.6 Å². The molecule has 0 radical (unpaired) electrons. The Balaban J connectivity index is 2.77. The molecule has 0 saturated heterocycles. The molecule has 0 bridgehead atoms. The standard InChI is InChI=1S/C9H9N3O3/c10-5-7(11)6-15-9-4-2-1-3-8(9)12(13)14/h1-4,7H,6,11H2. The number of hydrogen-bond acceptors (Lipinski definition) is 5. The minimum atomic E-state index is -0.787. The molecule has 1 aromatic rings. The van der Waals surface area contributed by atoms with Gasteiger partial charge in [0.15, 0.2) is 5.75 Å². The van der Waals surface area contributed by atoms with Crippen molar-refractivity contribution >= 4 is 5.69 Å². The number of nitro benzene ring substituents is 1. The fourth-order valence-corrected chi connectivity index (χ4v) is 0.947. The van der Waals surface area contributed by atoms with E-state index in [0.717, 1.165) is 0 Å². The maximum absolute atomic E-state index is 10.6. The van der Waals surface area contributed by atoms with Gasteiger partial charge in [0.25, 0.3) is 0 Å². The third-order valence-electron chi connectivity index (χ3n) is 1.65. The average molecular weight is 207 g/mol. The summed E-state index contributed by atoms with van der Waals surface area (Å²) >= 11 is 0. The fourth-order valence-electron chi connectivity index (χ4n) is 0.947. The number of hydrogen-bond donors (Lipinski definition) is 1. The third-order valence-corrected chi connectivity index (χ3v) is 1.65. The van der Waals surface area contributed by atoms with Gasteiger partial charge in [-0.3, -0.25) is 10.1 Å². The first-order valence-electron chi connectivity index (χ1n) is 4.16. The molecule has 0 spiro atoms. The van der Waals surface area contributed by atoms with Gasteiger partial charge in [-0.1, -0.05) is 12.1 Å². The van der Waals surface area contributed by atoms with Crippen LogP contribution in [0.15, 0.2) is 24.3 Å². The molecular formula is C9H9N3O3. The van der Waals surface area contributed by atoms with Gasteiger partial charge in [0.1, 0.15) is 12.6 Å². The summed E-state index contributed by atoms with van der Waals surface area (Å²) in [4.78, 5) is 10.0. The molecule has 0 aliphatic rings. The molecule has 1 rings (SSSR count). The first kappa shape index (κ1) is 10.9. The molecule has 15 heavy (non-hydrogen) atoms. The van der Waals surface area contributed by atoms with Gasteiger partial charge >= 0.3 is 5.69 Å². The van der Waals surface area contributed by atoms with Crippen LogP contribution in [0.1, 0.15) is 0 Å². The summed E-state index contributed by atoms with van der Waals surface area (Å²) in [7, 11) is 0. The number of nitrogens with zero attached hydrogens (tertiary/aromatic N) is 2.